The lowest BCUT2D eigenvalue weighted by Crippen LogP contribution is -2.41. The second kappa shape index (κ2) is 3.85. The van der Waals surface area contributed by atoms with E-state index < -0.39 is 0 Å². The molecule has 0 rings (SSSR count). The molecule has 9 heavy (non-hydrogen) atoms. The minimum absolute atomic E-state index is 0.0278. The van der Waals surface area contributed by atoms with Crippen LogP contribution in [-0.2, 0) is 0 Å². The molecule has 0 saturated carbocycles. The quantitative estimate of drug-likeness (QED) is 0.571. The number of rotatable bonds is 4. The molecule has 2 N–H and O–H groups in total. The van der Waals surface area contributed by atoms with E-state index in [4.69, 9.17) is 5.21 Å². The van der Waals surface area contributed by atoms with Crippen LogP contribution in [0.15, 0.2) is 0 Å². The van der Waals surface area contributed by atoms with Gasteiger partial charge in [0.2, 0.25) is 0 Å². The summed E-state index contributed by atoms with van der Waals surface area (Å²) in [5.41, 5.74) is 2.34. The normalized spacial score (nSPS) is 12.0. The van der Waals surface area contributed by atoms with Crippen LogP contribution in [0.1, 0.15) is 40.0 Å². The molecule has 0 aromatic heterocycles. The van der Waals surface area contributed by atoms with Crippen LogP contribution in [0.25, 0.3) is 0 Å². The predicted octanol–water partition coefficient (Wildman–Crippen LogP) is 1.93. The second-order valence-corrected chi connectivity index (χ2v) is 2.45. The molecule has 0 aromatic carbocycles. The van der Waals surface area contributed by atoms with Gasteiger partial charge in [-0.05, 0) is 19.3 Å². The maximum Gasteiger partial charge on any atom is 0.0422 e. The van der Waals surface area contributed by atoms with E-state index in [0.29, 0.717) is 0 Å². The molecule has 0 radical (unpaired) electrons. The Morgan fingerprint density at radius 2 is 1.44 bits per heavy atom. The van der Waals surface area contributed by atoms with Crippen molar-refractivity contribution in [1.82, 2.24) is 5.48 Å². The molecule has 0 aliphatic rings. The van der Waals surface area contributed by atoms with E-state index in [0.717, 1.165) is 19.3 Å². The maximum absolute atomic E-state index is 8.73. The largest absolute Gasteiger partial charge is 0.316 e. The Morgan fingerprint density at radius 3 is 1.44 bits per heavy atom. The zero-order chi connectivity index (χ0) is 7.33. The highest BCUT2D eigenvalue weighted by Crippen LogP contribution is 2.17. The van der Waals surface area contributed by atoms with Gasteiger partial charge in [-0.3, -0.25) is 0 Å². The van der Waals surface area contributed by atoms with Gasteiger partial charge >= 0.3 is 0 Å². The Hall–Kier alpha value is -0.0800. The van der Waals surface area contributed by atoms with E-state index in [1.165, 1.54) is 0 Å². The van der Waals surface area contributed by atoms with Gasteiger partial charge in [0, 0.05) is 5.54 Å². The van der Waals surface area contributed by atoms with Crippen molar-refractivity contribution in [2.45, 2.75) is 45.6 Å². The van der Waals surface area contributed by atoms with Crippen molar-refractivity contribution in [2.75, 3.05) is 0 Å². The van der Waals surface area contributed by atoms with Crippen molar-refractivity contribution in [2.24, 2.45) is 0 Å². The summed E-state index contributed by atoms with van der Waals surface area (Å²) in [5.74, 6) is 0. The summed E-state index contributed by atoms with van der Waals surface area (Å²) in [6.45, 7) is 6.24. The van der Waals surface area contributed by atoms with Crippen LogP contribution < -0.4 is 5.48 Å². The van der Waals surface area contributed by atoms with Crippen LogP contribution in [0, 0.1) is 0 Å². The van der Waals surface area contributed by atoms with Gasteiger partial charge in [-0.2, -0.15) is 5.48 Å². The molecule has 0 spiro atoms. The molecule has 0 atom stereocenters. The Labute approximate surface area is 57.2 Å². The first kappa shape index (κ1) is 8.92. The minimum Gasteiger partial charge on any atom is -0.316 e. The molecule has 0 fully saturated rings. The van der Waals surface area contributed by atoms with E-state index in [9.17, 15) is 0 Å². The Balaban J connectivity index is 3.82. The molecule has 2 heteroatoms. The molecule has 0 amide bonds. The van der Waals surface area contributed by atoms with Gasteiger partial charge in [-0.15, -0.1) is 0 Å². The van der Waals surface area contributed by atoms with E-state index in [2.05, 4.69) is 26.3 Å². The highest BCUT2D eigenvalue weighted by Gasteiger charge is 2.21. The number of hydrogen-bond acceptors (Lipinski definition) is 2. The van der Waals surface area contributed by atoms with Crippen LogP contribution in [0.4, 0.5) is 0 Å². The lowest BCUT2D eigenvalue weighted by molar-refractivity contribution is 0.0525. The summed E-state index contributed by atoms with van der Waals surface area (Å²) in [6, 6.07) is 0. The zero-order valence-electron chi connectivity index (χ0n) is 6.57. The molecule has 0 bridgehead atoms. The molecule has 0 heterocycles. The fourth-order valence-electron chi connectivity index (χ4n) is 0.987. The highest BCUT2D eigenvalue weighted by molar-refractivity contribution is 4.79. The van der Waals surface area contributed by atoms with Crippen LogP contribution >= 0.6 is 0 Å². The van der Waals surface area contributed by atoms with E-state index in [1.54, 1.807) is 0 Å². The number of nitrogens with one attached hydrogen (secondary N) is 1. The first-order valence-electron chi connectivity index (χ1n) is 3.66. The Bertz CT molecular complexity index is 51.8. The monoisotopic (exact) mass is 131 g/mol. The summed E-state index contributed by atoms with van der Waals surface area (Å²) in [7, 11) is 0. The Kier molecular flexibility index (Phi) is 3.82. The van der Waals surface area contributed by atoms with Gasteiger partial charge in [0.15, 0.2) is 0 Å². The standard InChI is InChI=1S/C7H17NO/c1-4-7(5-2,6-3)8-9/h8-9H,4-6H2,1-3H3. The van der Waals surface area contributed by atoms with Crippen molar-refractivity contribution in [3.8, 4) is 0 Å². The van der Waals surface area contributed by atoms with E-state index in [-0.39, 0.29) is 5.54 Å². The van der Waals surface area contributed by atoms with Crippen molar-refractivity contribution in [1.29, 1.82) is 0 Å². The van der Waals surface area contributed by atoms with Crippen LogP contribution in [0.3, 0.4) is 0 Å². The smallest absolute Gasteiger partial charge is 0.0422 e. The third-order valence-corrected chi connectivity index (χ3v) is 2.27. The van der Waals surface area contributed by atoms with E-state index >= 15 is 0 Å². The first-order valence-corrected chi connectivity index (χ1v) is 3.66. The molecule has 0 aliphatic carbocycles. The van der Waals surface area contributed by atoms with Crippen molar-refractivity contribution >= 4 is 0 Å². The average Bonchev–Trinajstić information content (AvgIpc) is 1.95. The van der Waals surface area contributed by atoms with E-state index in [1.807, 2.05) is 0 Å². The van der Waals surface area contributed by atoms with Gasteiger partial charge in [0.25, 0.3) is 0 Å². The molecule has 2 nitrogen and oxygen atoms in total. The SMILES string of the molecule is CCC(CC)(CC)NO. The molecule has 0 aromatic rings. The molecule has 0 aliphatic heterocycles. The summed E-state index contributed by atoms with van der Waals surface area (Å²) < 4.78 is 0. The van der Waals surface area contributed by atoms with Crippen molar-refractivity contribution in [3.63, 3.8) is 0 Å². The molecular weight excluding hydrogens is 114 g/mol. The Morgan fingerprint density at radius 1 is 1.11 bits per heavy atom. The van der Waals surface area contributed by atoms with Crippen LogP contribution in [0.5, 0.6) is 0 Å². The fraction of sp³-hybridized carbons (Fsp3) is 1.00. The molecule has 56 valence electrons. The lowest BCUT2D eigenvalue weighted by atomic mass is 9.91. The minimum atomic E-state index is -0.0278. The third kappa shape index (κ3) is 1.95. The van der Waals surface area contributed by atoms with Crippen molar-refractivity contribution in [3.05, 3.63) is 0 Å². The third-order valence-electron chi connectivity index (χ3n) is 2.27. The summed E-state index contributed by atoms with van der Waals surface area (Å²) in [6.07, 6.45) is 2.95. The molecule has 0 unspecified atom stereocenters. The van der Waals surface area contributed by atoms with Gasteiger partial charge < -0.3 is 5.21 Å². The highest BCUT2D eigenvalue weighted by atomic mass is 16.5. The van der Waals surface area contributed by atoms with Crippen LogP contribution in [0.2, 0.25) is 0 Å². The average molecular weight is 131 g/mol. The number of hydrogen-bond donors (Lipinski definition) is 2. The zero-order valence-corrected chi connectivity index (χ0v) is 6.57. The lowest BCUT2D eigenvalue weighted by Gasteiger charge is -2.27. The van der Waals surface area contributed by atoms with Gasteiger partial charge in [0.1, 0.15) is 0 Å². The van der Waals surface area contributed by atoms with Crippen LogP contribution in [-0.4, -0.2) is 10.7 Å². The molecular formula is C7H17NO. The topological polar surface area (TPSA) is 32.3 Å². The fourth-order valence-corrected chi connectivity index (χ4v) is 0.987. The van der Waals surface area contributed by atoms with Gasteiger partial charge in [-0.1, -0.05) is 20.8 Å². The van der Waals surface area contributed by atoms with Crippen molar-refractivity contribution < 1.29 is 5.21 Å². The summed E-state index contributed by atoms with van der Waals surface area (Å²) in [5, 5.41) is 8.73. The molecule has 0 saturated heterocycles. The second-order valence-electron chi connectivity index (χ2n) is 2.45. The first-order chi connectivity index (χ1) is 4.24. The van der Waals surface area contributed by atoms with Gasteiger partial charge in [0.05, 0.1) is 0 Å². The van der Waals surface area contributed by atoms with Gasteiger partial charge in [-0.25, -0.2) is 0 Å². The summed E-state index contributed by atoms with van der Waals surface area (Å²) >= 11 is 0. The predicted molar refractivity (Wildman–Crippen MR) is 38.5 cm³/mol. The summed E-state index contributed by atoms with van der Waals surface area (Å²) in [4.78, 5) is 0. The maximum atomic E-state index is 8.73. The number of hydroxylamine groups is 1.